The molecule has 0 aliphatic carbocycles. The van der Waals surface area contributed by atoms with Gasteiger partial charge in [-0.05, 0) is 44.2 Å². The van der Waals surface area contributed by atoms with E-state index in [9.17, 15) is 13.2 Å². The van der Waals surface area contributed by atoms with Gasteiger partial charge in [0.2, 0.25) is 15.9 Å². The molecule has 0 unspecified atom stereocenters. The predicted octanol–water partition coefficient (Wildman–Crippen LogP) is 3.53. The van der Waals surface area contributed by atoms with Crippen LogP contribution in [0.5, 0.6) is 5.75 Å². The van der Waals surface area contributed by atoms with Crippen LogP contribution in [0, 0.1) is 0 Å². The monoisotopic (exact) mass is 396 g/mol. The van der Waals surface area contributed by atoms with Gasteiger partial charge in [0, 0.05) is 5.02 Å². The van der Waals surface area contributed by atoms with Crippen LogP contribution in [0.3, 0.4) is 0 Å². The summed E-state index contributed by atoms with van der Waals surface area (Å²) in [6.07, 6.45) is 1.05. The average Bonchev–Trinajstić information content (AvgIpc) is 2.55. The van der Waals surface area contributed by atoms with Crippen LogP contribution in [0.2, 0.25) is 5.02 Å². The number of hydrogen-bond acceptors (Lipinski definition) is 4. The second-order valence-corrected chi connectivity index (χ2v) is 7.93. The highest BCUT2D eigenvalue weighted by Crippen LogP contribution is 2.27. The maximum absolute atomic E-state index is 12.7. The first kappa shape index (κ1) is 20.1. The number of anilines is 2. The van der Waals surface area contributed by atoms with Crippen molar-refractivity contribution < 1.29 is 17.9 Å². The number of carbonyl (C=O) groups is 1. The smallest absolute Gasteiger partial charge is 0.248 e. The van der Waals surface area contributed by atoms with Crippen LogP contribution in [-0.4, -0.2) is 33.2 Å². The van der Waals surface area contributed by atoms with Gasteiger partial charge in [0.25, 0.3) is 0 Å². The van der Waals surface area contributed by atoms with Crippen LogP contribution in [0.4, 0.5) is 11.4 Å². The summed E-state index contributed by atoms with van der Waals surface area (Å²) < 4.78 is 31.1. The summed E-state index contributed by atoms with van der Waals surface area (Å²) >= 11 is 5.97. The molecule has 1 amide bonds. The third-order valence-corrected chi connectivity index (χ3v) is 5.07. The Morgan fingerprint density at radius 2 is 1.92 bits per heavy atom. The molecule has 1 N–H and O–H groups in total. The molecule has 0 bridgehead atoms. The Hall–Kier alpha value is -2.25. The highest BCUT2D eigenvalue weighted by Gasteiger charge is 2.29. The lowest BCUT2D eigenvalue weighted by atomic mass is 10.2. The van der Waals surface area contributed by atoms with Crippen molar-refractivity contribution >= 4 is 38.9 Å². The van der Waals surface area contributed by atoms with E-state index in [4.69, 9.17) is 16.3 Å². The molecule has 0 spiro atoms. The molecule has 0 radical (unpaired) electrons. The zero-order valence-corrected chi connectivity index (χ0v) is 16.3. The SMILES string of the molecule is CCOc1ccccc1NC(=O)[C@@H](C)N(c1cccc(Cl)c1)S(C)(=O)=O. The van der Waals surface area contributed by atoms with Gasteiger partial charge in [-0.15, -0.1) is 0 Å². The molecule has 6 nitrogen and oxygen atoms in total. The van der Waals surface area contributed by atoms with E-state index in [1.165, 1.54) is 13.0 Å². The van der Waals surface area contributed by atoms with E-state index in [0.717, 1.165) is 10.6 Å². The van der Waals surface area contributed by atoms with Gasteiger partial charge in [0.1, 0.15) is 11.8 Å². The van der Waals surface area contributed by atoms with Crippen molar-refractivity contribution in [3.63, 3.8) is 0 Å². The van der Waals surface area contributed by atoms with Crippen molar-refractivity contribution in [2.75, 3.05) is 22.5 Å². The van der Waals surface area contributed by atoms with E-state index < -0.39 is 22.0 Å². The van der Waals surface area contributed by atoms with E-state index in [2.05, 4.69) is 5.32 Å². The van der Waals surface area contributed by atoms with Crippen LogP contribution in [-0.2, 0) is 14.8 Å². The normalized spacial score (nSPS) is 12.3. The second-order valence-electron chi connectivity index (χ2n) is 5.63. The van der Waals surface area contributed by atoms with Crippen LogP contribution in [0.1, 0.15) is 13.8 Å². The zero-order valence-electron chi connectivity index (χ0n) is 14.8. The molecule has 2 aromatic rings. The quantitative estimate of drug-likeness (QED) is 0.776. The third kappa shape index (κ3) is 4.89. The fraction of sp³-hybridized carbons (Fsp3) is 0.278. The van der Waals surface area contributed by atoms with Crippen LogP contribution in [0.25, 0.3) is 0 Å². The first-order valence-electron chi connectivity index (χ1n) is 8.01. The fourth-order valence-corrected chi connectivity index (χ4v) is 3.86. The number of benzene rings is 2. The van der Waals surface area contributed by atoms with Crippen molar-refractivity contribution in [3.05, 3.63) is 53.6 Å². The number of amides is 1. The number of carbonyl (C=O) groups excluding carboxylic acids is 1. The summed E-state index contributed by atoms with van der Waals surface area (Å²) in [7, 11) is -3.71. The number of hydrogen-bond donors (Lipinski definition) is 1. The number of halogens is 1. The topological polar surface area (TPSA) is 75.7 Å². The molecule has 0 aliphatic heterocycles. The Labute approximate surface area is 158 Å². The summed E-state index contributed by atoms with van der Waals surface area (Å²) in [5, 5.41) is 3.11. The number of nitrogens with one attached hydrogen (secondary N) is 1. The molecular weight excluding hydrogens is 376 g/mol. The lowest BCUT2D eigenvalue weighted by Gasteiger charge is -2.28. The Balaban J connectivity index is 2.32. The lowest BCUT2D eigenvalue weighted by molar-refractivity contribution is -0.116. The Morgan fingerprint density at radius 3 is 2.54 bits per heavy atom. The number of ether oxygens (including phenoxy) is 1. The van der Waals surface area contributed by atoms with E-state index in [0.29, 0.717) is 28.8 Å². The molecule has 0 heterocycles. The molecule has 0 aliphatic rings. The molecule has 0 saturated carbocycles. The largest absolute Gasteiger partial charge is 0.492 e. The number of sulfonamides is 1. The molecule has 140 valence electrons. The number of nitrogens with zero attached hydrogens (tertiary/aromatic N) is 1. The Morgan fingerprint density at radius 1 is 1.23 bits per heavy atom. The average molecular weight is 397 g/mol. The lowest BCUT2D eigenvalue weighted by Crippen LogP contribution is -2.45. The first-order chi connectivity index (χ1) is 12.2. The molecule has 0 saturated heterocycles. The van der Waals surface area contributed by atoms with Crippen molar-refractivity contribution in [1.82, 2.24) is 0 Å². The van der Waals surface area contributed by atoms with Gasteiger partial charge in [-0.25, -0.2) is 8.42 Å². The van der Waals surface area contributed by atoms with Crippen LogP contribution >= 0.6 is 11.6 Å². The molecule has 2 aromatic carbocycles. The molecular formula is C18H21ClN2O4S. The van der Waals surface area contributed by atoms with Gasteiger partial charge >= 0.3 is 0 Å². The van der Waals surface area contributed by atoms with Crippen LogP contribution in [0.15, 0.2) is 48.5 Å². The minimum atomic E-state index is -3.71. The summed E-state index contributed by atoms with van der Waals surface area (Å²) in [6.45, 7) is 3.80. The molecule has 2 rings (SSSR count). The summed E-state index contributed by atoms with van der Waals surface area (Å²) in [4.78, 5) is 12.7. The van der Waals surface area contributed by atoms with Crippen molar-refractivity contribution in [1.29, 1.82) is 0 Å². The summed E-state index contributed by atoms with van der Waals surface area (Å²) in [6, 6.07) is 12.3. The Bertz CT molecular complexity index is 886. The van der Waals surface area contributed by atoms with Gasteiger partial charge in [0.05, 0.1) is 24.2 Å². The third-order valence-electron chi connectivity index (χ3n) is 3.60. The fourth-order valence-electron chi connectivity index (χ4n) is 2.51. The van der Waals surface area contributed by atoms with Crippen molar-refractivity contribution in [3.8, 4) is 5.75 Å². The second kappa shape index (κ2) is 8.42. The minimum Gasteiger partial charge on any atom is -0.492 e. The Kier molecular flexibility index (Phi) is 6.50. The van der Waals surface area contributed by atoms with Gasteiger partial charge in [-0.3, -0.25) is 9.10 Å². The highest BCUT2D eigenvalue weighted by atomic mass is 35.5. The molecule has 8 heteroatoms. The summed E-state index contributed by atoms with van der Waals surface area (Å²) in [5.41, 5.74) is 0.798. The first-order valence-corrected chi connectivity index (χ1v) is 10.2. The van der Waals surface area contributed by atoms with Gasteiger partial charge in [-0.1, -0.05) is 29.8 Å². The van der Waals surface area contributed by atoms with E-state index >= 15 is 0 Å². The van der Waals surface area contributed by atoms with Gasteiger partial charge in [0.15, 0.2) is 0 Å². The van der Waals surface area contributed by atoms with E-state index in [1.807, 2.05) is 6.92 Å². The minimum absolute atomic E-state index is 0.320. The number of rotatable bonds is 7. The van der Waals surface area contributed by atoms with Crippen molar-refractivity contribution in [2.24, 2.45) is 0 Å². The van der Waals surface area contributed by atoms with Crippen LogP contribution < -0.4 is 14.4 Å². The van der Waals surface area contributed by atoms with Crippen molar-refractivity contribution in [2.45, 2.75) is 19.9 Å². The maximum Gasteiger partial charge on any atom is 0.248 e. The molecule has 1 atom stereocenters. The van der Waals surface area contributed by atoms with Gasteiger partial charge in [-0.2, -0.15) is 0 Å². The highest BCUT2D eigenvalue weighted by molar-refractivity contribution is 7.92. The van der Waals surface area contributed by atoms with E-state index in [1.54, 1.807) is 42.5 Å². The summed E-state index contributed by atoms with van der Waals surface area (Å²) in [5.74, 6) is 0.0340. The maximum atomic E-state index is 12.7. The molecule has 0 aromatic heterocycles. The number of para-hydroxylation sites is 2. The van der Waals surface area contributed by atoms with E-state index in [-0.39, 0.29) is 0 Å². The zero-order chi connectivity index (χ0) is 19.3. The predicted molar refractivity (Wildman–Crippen MR) is 104 cm³/mol. The van der Waals surface area contributed by atoms with Gasteiger partial charge < -0.3 is 10.1 Å². The standard InChI is InChI=1S/C18H21ClN2O4S/c1-4-25-17-11-6-5-10-16(17)20-18(22)13(2)21(26(3,23)24)15-9-7-8-14(19)12-15/h5-13H,4H2,1-3H3,(H,20,22)/t13-/m1/s1. The molecule has 26 heavy (non-hydrogen) atoms. The molecule has 0 fully saturated rings.